The van der Waals surface area contributed by atoms with Gasteiger partial charge >= 0.3 is 0 Å². The molecule has 3 rings (SSSR count). The molecule has 2 N–H and O–H groups in total. The molecule has 0 aliphatic heterocycles. The highest BCUT2D eigenvalue weighted by Gasteiger charge is 2.17. The quantitative estimate of drug-likeness (QED) is 0.619. The van der Waals surface area contributed by atoms with Crippen molar-refractivity contribution in [1.29, 1.82) is 0 Å². The van der Waals surface area contributed by atoms with Crippen LogP contribution in [0.3, 0.4) is 0 Å². The maximum Gasteiger partial charge on any atom is 0.287 e. The number of amides is 2. The van der Waals surface area contributed by atoms with Gasteiger partial charge in [-0.3, -0.25) is 14.4 Å². The summed E-state index contributed by atoms with van der Waals surface area (Å²) < 4.78 is 5.58. The lowest BCUT2D eigenvalue weighted by Gasteiger charge is -2.20. The van der Waals surface area contributed by atoms with Crippen LogP contribution in [-0.2, 0) is 11.3 Å². The zero-order valence-corrected chi connectivity index (χ0v) is 16.1. The number of likely N-dealkylation sites (N-methyl/N-ethyl adjacent to an activating group) is 1. The number of benzene rings is 1. The molecule has 0 aliphatic rings. The first-order valence-electron chi connectivity index (χ1n) is 8.27. The maximum atomic E-state index is 12.4. The number of fused-ring (bicyclic) bond motifs is 1. The first-order valence-corrected chi connectivity index (χ1v) is 9.06. The first kappa shape index (κ1) is 18.8. The van der Waals surface area contributed by atoms with Gasteiger partial charge in [0.1, 0.15) is 5.82 Å². The van der Waals surface area contributed by atoms with Crippen LogP contribution in [0.25, 0.3) is 10.9 Å². The molecule has 1 aromatic carbocycles. The van der Waals surface area contributed by atoms with Gasteiger partial charge in [-0.1, -0.05) is 12.1 Å². The lowest BCUT2D eigenvalue weighted by molar-refractivity contribution is -0.130. The SMILES string of the molecule is CCN(Cc1nc2ccccc2c(=O)[nH]1)C(=O)CNC(=O)c1ccc(Br)o1. The summed E-state index contributed by atoms with van der Waals surface area (Å²) in [6.07, 6.45) is 0. The molecule has 9 heteroatoms. The predicted molar refractivity (Wildman–Crippen MR) is 102 cm³/mol. The predicted octanol–water partition coefficient (Wildman–Crippen LogP) is 2.06. The van der Waals surface area contributed by atoms with Crippen molar-refractivity contribution in [3.05, 3.63) is 63.0 Å². The molecule has 0 atom stereocenters. The molecule has 0 unspecified atom stereocenters. The molecular weight excluding hydrogens is 416 g/mol. The number of rotatable bonds is 6. The average molecular weight is 433 g/mol. The highest BCUT2D eigenvalue weighted by Crippen LogP contribution is 2.13. The van der Waals surface area contributed by atoms with E-state index in [1.54, 1.807) is 30.3 Å². The number of hydrogen-bond donors (Lipinski definition) is 2. The number of halogens is 1. The van der Waals surface area contributed by atoms with Crippen molar-refractivity contribution >= 4 is 38.6 Å². The van der Waals surface area contributed by atoms with Crippen molar-refractivity contribution < 1.29 is 14.0 Å². The van der Waals surface area contributed by atoms with Gasteiger partial charge in [-0.05, 0) is 47.1 Å². The fourth-order valence-electron chi connectivity index (χ4n) is 2.56. The summed E-state index contributed by atoms with van der Waals surface area (Å²) in [4.78, 5) is 45.1. The van der Waals surface area contributed by atoms with E-state index < -0.39 is 5.91 Å². The molecule has 2 amide bonds. The molecule has 0 spiro atoms. The van der Waals surface area contributed by atoms with Gasteiger partial charge in [-0.2, -0.15) is 0 Å². The summed E-state index contributed by atoms with van der Waals surface area (Å²) in [7, 11) is 0. The van der Waals surface area contributed by atoms with E-state index in [0.29, 0.717) is 27.9 Å². The normalized spacial score (nSPS) is 10.7. The molecule has 0 bridgehead atoms. The molecule has 0 saturated carbocycles. The van der Waals surface area contributed by atoms with Crippen LogP contribution in [0, 0.1) is 0 Å². The van der Waals surface area contributed by atoms with Crippen molar-refractivity contribution in [3.63, 3.8) is 0 Å². The number of carbonyl (C=O) groups excluding carboxylic acids is 2. The Kier molecular flexibility index (Phi) is 5.70. The minimum Gasteiger partial charge on any atom is -0.444 e. The lowest BCUT2D eigenvalue weighted by atomic mass is 10.2. The molecule has 3 aromatic rings. The van der Waals surface area contributed by atoms with Crippen LogP contribution in [0.5, 0.6) is 0 Å². The number of aromatic nitrogens is 2. The second kappa shape index (κ2) is 8.17. The van der Waals surface area contributed by atoms with Crippen molar-refractivity contribution in [1.82, 2.24) is 20.2 Å². The minimum atomic E-state index is -0.484. The van der Waals surface area contributed by atoms with Crippen molar-refractivity contribution in [2.45, 2.75) is 13.5 Å². The Morgan fingerprint density at radius 1 is 1.26 bits per heavy atom. The number of carbonyl (C=O) groups is 2. The minimum absolute atomic E-state index is 0.109. The Morgan fingerprint density at radius 3 is 2.74 bits per heavy atom. The smallest absolute Gasteiger partial charge is 0.287 e. The van der Waals surface area contributed by atoms with E-state index in [9.17, 15) is 14.4 Å². The third kappa shape index (κ3) is 4.43. The molecule has 8 nitrogen and oxygen atoms in total. The summed E-state index contributed by atoms with van der Waals surface area (Å²) >= 11 is 3.12. The highest BCUT2D eigenvalue weighted by molar-refractivity contribution is 9.10. The molecule has 2 heterocycles. The van der Waals surface area contributed by atoms with E-state index in [0.717, 1.165) is 0 Å². The Balaban J connectivity index is 1.67. The molecule has 27 heavy (non-hydrogen) atoms. The monoisotopic (exact) mass is 432 g/mol. The van der Waals surface area contributed by atoms with Crippen LogP contribution in [0.4, 0.5) is 0 Å². The van der Waals surface area contributed by atoms with E-state index in [-0.39, 0.29) is 30.3 Å². The third-order valence-electron chi connectivity index (χ3n) is 3.93. The summed E-state index contributed by atoms with van der Waals surface area (Å²) in [5.41, 5.74) is 0.312. The highest BCUT2D eigenvalue weighted by atomic mass is 79.9. The van der Waals surface area contributed by atoms with Gasteiger partial charge in [0.15, 0.2) is 10.4 Å². The van der Waals surface area contributed by atoms with Gasteiger partial charge in [0, 0.05) is 6.54 Å². The van der Waals surface area contributed by atoms with Crippen LogP contribution >= 0.6 is 15.9 Å². The molecule has 0 radical (unpaired) electrons. The van der Waals surface area contributed by atoms with Crippen LogP contribution in [0.2, 0.25) is 0 Å². The Bertz CT molecular complexity index is 1040. The molecule has 0 aliphatic carbocycles. The second-order valence-corrected chi connectivity index (χ2v) is 6.51. The Morgan fingerprint density at radius 2 is 2.04 bits per heavy atom. The second-order valence-electron chi connectivity index (χ2n) is 5.72. The van der Waals surface area contributed by atoms with Crippen LogP contribution < -0.4 is 10.9 Å². The van der Waals surface area contributed by atoms with Crippen molar-refractivity contribution in [3.8, 4) is 0 Å². The van der Waals surface area contributed by atoms with E-state index >= 15 is 0 Å². The number of aromatic amines is 1. The number of furan rings is 1. The van der Waals surface area contributed by atoms with Crippen molar-refractivity contribution in [2.75, 3.05) is 13.1 Å². The summed E-state index contributed by atoms with van der Waals surface area (Å²) in [6, 6.07) is 10.1. The average Bonchev–Trinajstić information content (AvgIpc) is 3.10. The molecule has 0 fully saturated rings. The van der Waals surface area contributed by atoms with Gasteiger partial charge in [0.25, 0.3) is 11.5 Å². The number of nitrogens with one attached hydrogen (secondary N) is 2. The van der Waals surface area contributed by atoms with Gasteiger partial charge in [-0.25, -0.2) is 4.98 Å². The lowest BCUT2D eigenvalue weighted by Crippen LogP contribution is -2.40. The fourth-order valence-corrected chi connectivity index (χ4v) is 2.86. The molecule has 2 aromatic heterocycles. The molecular formula is C18H17BrN4O4. The topological polar surface area (TPSA) is 108 Å². The van der Waals surface area contributed by atoms with Crippen molar-refractivity contribution in [2.24, 2.45) is 0 Å². The van der Waals surface area contributed by atoms with Crippen LogP contribution in [0.1, 0.15) is 23.3 Å². The molecule has 140 valence electrons. The largest absolute Gasteiger partial charge is 0.444 e. The molecule has 0 saturated heterocycles. The van der Waals surface area contributed by atoms with Gasteiger partial charge < -0.3 is 19.6 Å². The number of hydrogen-bond acceptors (Lipinski definition) is 5. The number of para-hydroxylation sites is 1. The fraction of sp³-hybridized carbons (Fsp3) is 0.222. The Labute approximate surface area is 162 Å². The zero-order valence-electron chi connectivity index (χ0n) is 14.5. The summed E-state index contributed by atoms with van der Waals surface area (Å²) in [5, 5.41) is 3.01. The number of nitrogens with zero attached hydrogens (tertiary/aromatic N) is 2. The van der Waals surface area contributed by atoms with Gasteiger partial charge in [0.05, 0.1) is 24.0 Å². The maximum absolute atomic E-state index is 12.4. The van der Waals surface area contributed by atoms with Crippen LogP contribution in [-0.4, -0.2) is 39.8 Å². The summed E-state index contributed by atoms with van der Waals surface area (Å²) in [6.45, 7) is 2.15. The standard InChI is InChI=1S/C18H17BrN4O4/c1-2-23(16(24)9-20-18(26)13-7-8-14(19)27-13)10-15-21-12-6-4-3-5-11(12)17(25)22-15/h3-8H,2,9-10H2,1H3,(H,20,26)(H,21,22,25). The van der Waals surface area contributed by atoms with Gasteiger partial charge in [-0.15, -0.1) is 0 Å². The summed E-state index contributed by atoms with van der Waals surface area (Å²) in [5.74, 6) is -0.289. The van der Waals surface area contributed by atoms with E-state index in [4.69, 9.17) is 4.42 Å². The zero-order chi connectivity index (χ0) is 19.4. The third-order valence-corrected chi connectivity index (χ3v) is 4.36. The van der Waals surface area contributed by atoms with Gasteiger partial charge in [0.2, 0.25) is 5.91 Å². The van der Waals surface area contributed by atoms with E-state index in [1.165, 1.54) is 11.0 Å². The Hall–Kier alpha value is -2.94. The van der Waals surface area contributed by atoms with E-state index in [2.05, 4.69) is 31.2 Å². The van der Waals surface area contributed by atoms with E-state index in [1.807, 2.05) is 6.92 Å². The number of H-pyrrole nitrogens is 1. The first-order chi connectivity index (χ1) is 13.0. The van der Waals surface area contributed by atoms with Crippen LogP contribution in [0.15, 0.2) is 50.3 Å².